The highest BCUT2D eigenvalue weighted by Gasteiger charge is 2.34. The number of carbonyl (C=O) groups excluding carboxylic acids is 1. The Bertz CT molecular complexity index is 679. The number of aliphatic hydroxyl groups excluding tert-OH is 1. The molecule has 23 heavy (non-hydrogen) atoms. The number of nitrogens with one attached hydrogen (secondary N) is 2. The maximum Gasteiger partial charge on any atom is 0.321 e. The third kappa shape index (κ3) is 3.46. The minimum absolute atomic E-state index is 0.0636. The summed E-state index contributed by atoms with van der Waals surface area (Å²) in [5.74, 6) is 0. The smallest absolute Gasteiger partial charge is 0.321 e. The van der Waals surface area contributed by atoms with Crippen molar-refractivity contribution in [3.63, 3.8) is 0 Å². The van der Waals surface area contributed by atoms with E-state index in [0.717, 1.165) is 23.7 Å². The highest BCUT2D eigenvalue weighted by Crippen LogP contribution is 2.30. The summed E-state index contributed by atoms with van der Waals surface area (Å²) in [6.45, 7) is 1.83. The molecule has 1 fully saturated rings. The molecule has 0 spiro atoms. The van der Waals surface area contributed by atoms with E-state index >= 15 is 0 Å². The van der Waals surface area contributed by atoms with Gasteiger partial charge in [0.1, 0.15) is 0 Å². The Labute approximate surface area is 134 Å². The van der Waals surface area contributed by atoms with Crippen LogP contribution in [-0.4, -0.2) is 59.6 Å². The number of aliphatic hydroxyl groups is 1. The van der Waals surface area contributed by atoms with E-state index in [9.17, 15) is 9.90 Å². The monoisotopic (exact) mass is 318 g/mol. The predicted molar refractivity (Wildman–Crippen MR) is 87.3 cm³/mol. The molecule has 1 aromatic heterocycles. The first-order chi connectivity index (χ1) is 11.1. The van der Waals surface area contributed by atoms with Gasteiger partial charge in [0.25, 0.3) is 0 Å². The van der Waals surface area contributed by atoms with Gasteiger partial charge in [-0.2, -0.15) is 5.10 Å². The van der Waals surface area contributed by atoms with Crippen LogP contribution in [0.3, 0.4) is 0 Å². The molecule has 1 saturated heterocycles. The number of hydrogen-bond acceptors (Lipinski definition) is 4. The number of aromatic nitrogens is 2. The van der Waals surface area contributed by atoms with Crippen LogP contribution >= 0.6 is 0 Å². The Morgan fingerprint density at radius 2 is 2.26 bits per heavy atom. The second-order valence-corrected chi connectivity index (χ2v) is 6.23. The minimum Gasteiger partial charge on any atom is -0.396 e. The summed E-state index contributed by atoms with van der Waals surface area (Å²) in [7, 11) is 1.75. The summed E-state index contributed by atoms with van der Waals surface area (Å²) in [6, 6.07) is 5.41. The van der Waals surface area contributed by atoms with Gasteiger partial charge < -0.3 is 20.1 Å². The maximum absolute atomic E-state index is 12.4. The van der Waals surface area contributed by atoms with Crippen molar-refractivity contribution in [1.29, 1.82) is 0 Å². The molecule has 0 bridgehead atoms. The fourth-order valence-corrected chi connectivity index (χ4v) is 2.98. The number of carbonyl (C=O) groups is 1. The standard InChI is InChI=1S/C16H22N4O3/c1-20(10-16(11-21)4-6-23-7-5-16)15(22)18-13-3-2-12-9-17-19-14(12)8-13/h2-3,8-9,21H,4-7,10-11H2,1H3,(H,17,19)(H,18,22). The van der Waals surface area contributed by atoms with E-state index in [1.54, 1.807) is 18.1 Å². The lowest BCUT2D eigenvalue weighted by molar-refractivity contribution is -0.0255. The molecular weight excluding hydrogens is 296 g/mol. The Hall–Kier alpha value is -2.12. The summed E-state index contributed by atoms with van der Waals surface area (Å²) >= 11 is 0. The average molecular weight is 318 g/mol. The van der Waals surface area contributed by atoms with Crippen molar-refractivity contribution in [2.45, 2.75) is 12.8 Å². The van der Waals surface area contributed by atoms with Crippen LogP contribution in [0.5, 0.6) is 0 Å². The molecule has 1 aliphatic rings. The Kier molecular flexibility index (Phi) is 4.49. The molecule has 0 aliphatic carbocycles. The van der Waals surface area contributed by atoms with Gasteiger partial charge in [0.15, 0.2) is 0 Å². The van der Waals surface area contributed by atoms with Gasteiger partial charge >= 0.3 is 6.03 Å². The molecule has 124 valence electrons. The van der Waals surface area contributed by atoms with Gasteiger partial charge in [0.2, 0.25) is 0 Å². The van der Waals surface area contributed by atoms with E-state index in [1.165, 1.54) is 0 Å². The van der Waals surface area contributed by atoms with Crippen LogP contribution in [0, 0.1) is 5.41 Å². The number of anilines is 1. The molecule has 3 N–H and O–H groups in total. The van der Waals surface area contributed by atoms with E-state index in [1.807, 2.05) is 18.2 Å². The highest BCUT2D eigenvalue weighted by atomic mass is 16.5. The first-order valence-electron chi connectivity index (χ1n) is 7.76. The lowest BCUT2D eigenvalue weighted by Crippen LogP contribution is -2.45. The molecule has 7 nitrogen and oxygen atoms in total. The van der Waals surface area contributed by atoms with Crippen molar-refractivity contribution in [3.05, 3.63) is 24.4 Å². The number of hydrogen-bond donors (Lipinski definition) is 3. The predicted octanol–water partition coefficient (Wildman–Crippen LogP) is 1.82. The number of amides is 2. The zero-order valence-corrected chi connectivity index (χ0v) is 13.2. The number of aromatic amines is 1. The third-order valence-corrected chi connectivity index (χ3v) is 4.50. The van der Waals surface area contributed by atoms with Gasteiger partial charge in [0.05, 0.1) is 18.3 Å². The van der Waals surface area contributed by atoms with Gasteiger partial charge in [-0.25, -0.2) is 4.79 Å². The van der Waals surface area contributed by atoms with Crippen molar-refractivity contribution in [1.82, 2.24) is 15.1 Å². The van der Waals surface area contributed by atoms with Crippen LogP contribution in [-0.2, 0) is 4.74 Å². The van der Waals surface area contributed by atoms with Crippen LogP contribution in [0.2, 0.25) is 0 Å². The van der Waals surface area contributed by atoms with Gasteiger partial charge in [-0.05, 0) is 31.0 Å². The largest absolute Gasteiger partial charge is 0.396 e. The van der Waals surface area contributed by atoms with Crippen molar-refractivity contribution >= 4 is 22.6 Å². The van der Waals surface area contributed by atoms with Crippen LogP contribution in [0.1, 0.15) is 12.8 Å². The number of fused-ring (bicyclic) bond motifs is 1. The fourth-order valence-electron chi connectivity index (χ4n) is 2.98. The minimum atomic E-state index is -0.266. The van der Waals surface area contributed by atoms with Crippen molar-refractivity contribution in [2.75, 3.05) is 38.7 Å². The second-order valence-electron chi connectivity index (χ2n) is 6.23. The zero-order chi connectivity index (χ0) is 16.3. The van der Waals surface area contributed by atoms with Gasteiger partial charge in [-0.3, -0.25) is 5.10 Å². The Morgan fingerprint density at radius 3 is 3.00 bits per heavy atom. The van der Waals surface area contributed by atoms with E-state index in [0.29, 0.717) is 25.4 Å². The lowest BCUT2D eigenvalue weighted by Gasteiger charge is -2.38. The SMILES string of the molecule is CN(CC1(CO)CCOCC1)C(=O)Nc1ccc2cn[nH]c2c1. The van der Waals surface area contributed by atoms with Gasteiger partial charge in [-0.15, -0.1) is 0 Å². The summed E-state index contributed by atoms with van der Waals surface area (Å²) in [5.41, 5.74) is 1.32. The Balaban J connectivity index is 1.64. The molecular formula is C16H22N4O3. The van der Waals surface area contributed by atoms with E-state index in [-0.39, 0.29) is 18.1 Å². The van der Waals surface area contributed by atoms with Crippen LogP contribution in [0.25, 0.3) is 10.9 Å². The number of nitrogens with zero attached hydrogens (tertiary/aromatic N) is 2. The third-order valence-electron chi connectivity index (χ3n) is 4.50. The number of urea groups is 1. The normalized spacial score (nSPS) is 17.1. The van der Waals surface area contributed by atoms with Crippen molar-refractivity contribution in [3.8, 4) is 0 Å². The maximum atomic E-state index is 12.4. The van der Waals surface area contributed by atoms with Crippen molar-refractivity contribution < 1.29 is 14.6 Å². The van der Waals surface area contributed by atoms with E-state index in [2.05, 4.69) is 15.5 Å². The quantitative estimate of drug-likeness (QED) is 0.802. The summed E-state index contributed by atoms with van der Waals surface area (Å²) in [5, 5.41) is 20.5. The summed E-state index contributed by atoms with van der Waals surface area (Å²) in [4.78, 5) is 14.0. The molecule has 1 aromatic carbocycles. The van der Waals surface area contributed by atoms with Crippen LogP contribution < -0.4 is 5.32 Å². The molecule has 2 heterocycles. The molecule has 3 rings (SSSR count). The van der Waals surface area contributed by atoms with E-state index in [4.69, 9.17) is 4.74 Å². The number of ether oxygens (including phenoxy) is 1. The van der Waals surface area contributed by atoms with Crippen LogP contribution in [0.4, 0.5) is 10.5 Å². The topological polar surface area (TPSA) is 90.5 Å². The summed E-state index contributed by atoms with van der Waals surface area (Å²) in [6.07, 6.45) is 3.27. The second kappa shape index (κ2) is 6.55. The number of H-pyrrole nitrogens is 1. The highest BCUT2D eigenvalue weighted by molar-refractivity contribution is 5.92. The average Bonchev–Trinajstić information content (AvgIpc) is 3.03. The molecule has 0 radical (unpaired) electrons. The first-order valence-corrected chi connectivity index (χ1v) is 7.76. The van der Waals surface area contributed by atoms with Gasteiger partial charge in [-0.1, -0.05) is 0 Å². The number of rotatable bonds is 4. The molecule has 0 unspecified atom stereocenters. The Morgan fingerprint density at radius 1 is 1.48 bits per heavy atom. The fraction of sp³-hybridized carbons (Fsp3) is 0.500. The van der Waals surface area contributed by atoms with Crippen LogP contribution in [0.15, 0.2) is 24.4 Å². The first kappa shape index (κ1) is 15.8. The molecule has 2 aromatic rings. The summed E-state index contributed by atoms with van der Waals surface area (Å²) < 4.78 is 5.36. The van der Waals surface area contributed by atoms with Crippen molar-refractivity contribution in [2.24, 2.45) is 5.41 Å². The molecule has 1 aliphatic heterocycles. The van der Waals surface area contributed by atoms with E-state index < -0.39 is 0 Å². The molecule has 7 heteroatoms. The lowest BCUT2D eigenvalue weighted by atomic mass is 9.80. The molecule has 0 atom stereocenters. The zero-order valence-electron chi connectivity index (χ0n) is 13.2. The molecule has 0 saturated carbocycles. The molecule has 2 amide bonds. The number of benzene rings is 1. The van der Waals surface area contributed by atoms with Gasteiger partial charge in [0, 0.05) is 43.3 Å².